The summed E-state index contributed by atoms with van der Waals surface area (Å²) in [6, 6.07) is 7.61. The first-order valence-corrected chi connectivity index (χ1v) is 13.2. The van der Waals surface area contributed by atoms with Crippen LogP contribution in [0, 0.1) is 11.8 Å². The van der Waals surface area contributed by atoms with E-state index in [2.05, 4.69) is 33.8 Å². The maximum Gasteiger partial charge on any atom is 0.319 e. The molecule has 10 heteroatoms. The Bertz CT molecular complexity index is 1140. The van der Waals surface area contributed by atoms with Crippen LogP contribution in [0.15, 0.2) is 29.2 Å². The predicted molar refractivity (Wildman–Crippen MR) is 133 cm³/mol. The number of aliphatic hydroxyl groups is 1. The molecule has 4 heterocycles. The molecule has 1 spiro atoms. The monoisotopic (exact) mass is 484 g/mol. The largest absolute Gasteiger partial charge is 0.394 e. The van der Waals surface area contributed by atoms with E-state index >= 15 is 0 Å². The zero-order valence-corrected chi connectivity index (χ0v) is 20.6. The molecule has 5 rings (SSSR count). The molecule has 2 amide bonds. The Hall–Kier alpha value is -2.72. The first-order valence-electron chi connectivity index (χ1n) is 11.9. The van der Waals surface area contributed by atoms with Gasteiger partial charge < -0.3 is 26.0 Å². The van der Waals surface area contributed by atoms with Gasteiger partial charge in [0.15, 0.2) is 0 Å². The van der Waals surface area contributed by atoms with E-state index in [0.717, 1.165) is 23.4 Å². The minimum Gasteiger partial charge on any atom is -0.394 e. The molecule has 1 aromatic carbocycles. The third kappa shape index (κ3) is 3.82. The number of carbonyl (C=O) groups is 1. The number of hydrogen-bond acceptors (Lipinski definition) is 7. The molecule has 9 nitrogen and oxygen atoms in total. The van der Waals surface area contributed by atoms with Crippen LogP contribution in [0.3, 0.4) is 0 Å². The molecule has 0 bridgehead atoms. The van der Waals surface area contributed by atoms with E-state index in [1.54, 1.807) is 0 Å². The van der Waals surface area contributed by atoms with Crippen molar-refractivity contribution in [3.8, 4) is 0 Å². The number of aryl methyl sites for hydroxylation is 1. The van der Waals surface area contributed by atoms with Crippen molar-refractivity contribution >= 4 is 34.3 Å². The number of aliphatic hydroxyl groups excluding tert-OH is 1. The lowest BCUT2D eigenvalue weighted by Crippen LogP contribution is -2.61. The Morgan fingerprint density at radius 3 is 2.85 bits per heavy atom. The van der Waals surface area contributed by atoms with Crippen molar-refractivity contribution in [1.82, 2.24) is 15.3 Å². The molecular formula is C24H32N6O3S. The Kier molecular flexibility index (Phi) is 5.97. The van der Waals surface area contributed by atoms with Crippen molar-refractivity contribution in [3.05, 3.63) is 35.5 Å². The van der Waals surface area contributed by atoms with E-state index in [1.807, 2.05) is 32.0 Å². The second kappa shape index (κ2) is 8.81. The first kappa shape index (κ1) is 23.0. The molecule has 3 unspecified atom stereocenters. The van der Waals surface area contributed by atoms with Crippen LogP contribution < -0.4 is 20.9 Å². The summed E-state index contributed by atoms with van der Waals surface area (Å²) in [5, 5.41) is 19.3. The number of para-hydroxylation sites is 1. The van der Waals surface area contributed by atoms with Gasteiger partial charge in [0.1, 0.15) is 10.7 Å². The van der Waals surface area contributed by atoms with Gasteiger partial charge in [-0.25, -0.2) is 9.78 Å². The minimum atomic E-state index is -1.14. The number of aromatic nitrogens is 2. The summed E-state index contributed by atoms with van der Waals surface area (Å²) in [5.41, 5.74) is 2.34. The molecule has 34 heavy (non-hydrogen) atoms. The second-order valence-corrected chi connectivity index (χ2v) is 11.3. The molecule has 0 saturated carbocycles. The third-order valence-corrected chi connectivity index (χ3v) is 8.85. The number of piperidine rings is 1. The number of nitrogens with zero attached hydrogens (tertiary/aromatic N) is 3. The highest BCUT2D eigenvalue weighted by Gasteiger charge is 2.47. The van der Waals surface area contributed by atoms with E-state index in [4.69, 9.17) is 9.97 Å². The molecule has 1 aromatic heterocycles. The Morgan fingerprint density at radius 2 is 2.12 bits per heavy atom. The van der Waals surface area contributed by atoms with Gasteiger partial charge in [-0.1, -0.05) is 39.0 Å². The quantitative estimate of drug-likeness (QED) is 0.515. The molecule has 1 saturated heterocycles. The molecule has 4 atom stereocenters. The number of fused-ring (bicyclic) bond motifs is 3. The second-order valence-electron chi connectivity index (χ2n) is 9.82. The number of anilines is 3. The molecule has 0 radical (unpaired) electrons. The van der Waals surface area contributed by atoms with Crippen molar-refractivity contribution < 1.29 is 14.1 Å². The topological polar surface area (TPSA) is 119 Å². The number of carbonyl (C=O) groups excluding carboxylic acids is 1. The van der Waals surface area contributed by atoms with Gasteiger partial charge in [0.25, 0.3) is 0 Å². The van der Waals surface area contributed by atoms with Gasteiger partial charge in [0, 0.05) is 42.4 Å². The molecule has 2 aromatic rings. The Morgan fingerprint density at radius 1 is 1.32 bits per heavy atom. The lowest BCUT2D eigenvalue weighted by atomic mass is 9.72. The van der Waals surface area contributed by atoms with Crippen LogP contribution in [0.4, 0.5) is 22.2 Å². The highest BCUT2D eigenvalue weighted by Crippen LogP contribution is 2.43. The number of benzene rings is 1. The minimum absolute atomic E-state index is 0.0329. The molecule has 1 fully saturated rings. The summed E-state index contributed by atoms with van der Waals surface area (Å²) in [4.78, 5) is 24.9. The molecule has 4 N–H and O–H groups in total. The first-order chi connectivity index (χ1) is 16.3. The van der Waals surface area contributed by atoms with E-state index < -0.39 is 16.3 Å². The zero-order chi connectivity index (χ0) is 24.0. The highest BCUT2D eigenvalue weighted by atomic mass is 32.2. The standard InChI is InChI=1S/C24H32N6O3S/c1-14(2)19(13-31)25-21-20-18(8-11-34(20)33)26-22(28-21)30-10-9-24(15(3)12-30)16-6-4-5-7-17(16)27-23(32)29-24/h4-7,14-15,19,31H,8-13H2,1-3H3,(H,25,26,28)(H2,27,29,32)/t15?,19?,24-,34?/m1/s1. The summed E-state index contributed by atoms with van der Waals surface area (Å²) in [6.07, 6.45) is 1.37. The van der Waals surface area contributed by atoms with Crippen LogP contribution >= 0.6 is 0 Å². The van der Waals surface area contributed by atoms with Crippen molar-refractivity contribution in [1.29, 1.82) is 0 Å². The number of urea groups is 1. The van der Waals surface area contributed by atoms with Crippen LogP contribution in [0.25, 0.3) is 0 Å². The van der Waals surface area contributed by atoms with Crippen LogP contribution in [0.5, 0.6) is 0 Å². The normalized spacial score (nSPS) is 26.6. The van der Waals surface area contributed by atoms with Gasteiger partial charge in [0.2, 0.25) is 5.95 Å². The SMILES string of the molecule is CC(C)C(CO)Nc1nc(N2CC[C@@]3(NC(=O)Nc4ccccc43)C(C)C2)nc2c1S(=O)CC2. The van der Waals surface area contributed by atoms with Crippen LogP contribution in [-0.4, -0.2) is 56.8 Å². The fraction of sp³-hybridized carbons (Fsp3) is 0.542. The van der Waals surface area contributed by atoms with Gasteiger partial charge in [-0.3, -0.25) is 4.21 Å². The van der Waals surface area contributed by atoms with Crippen molar-refractivity contribution in [3.63, 3.8) is 0 Å². The van der Waals surface area contributed by atoms with Gasteiger partial charge >= 0.3 is 6.03 Å². The van der Waals surface area contributed by atoms with Crippen molar-refractivity contribution in [2.45, 2.75) is 50.1 Å². The summed E-state index contributed by atoms with van der Waals surface area (Å²) in [6.45, 7) is 7.52. The van der Waals surface area contributed by atoms with E-state index in [-0.39, 0.29) is 30.5 Å². The molecular weight excluding hydrogens is 452 g/mol. The number of nitrogens with one attached hydrogen (secondary N) is 3. The molecule has 0 aliphatic carbocycles. The van der Waals surface area contributed by atoms with Crippen LogP contribution in [0.2, 0.25) is 0 Å². The van der Waals surface area contributed by atoms with E-state index in [0.29, 0.717) is 41.9 Å². The maximum atomic E-state index is 12.7. The van der Waals surface area contributed by atoms with Gasteiger partial charge in [-0.2, -0.15) is 4.98 Å². The average Bonchev–Trinajstić information content (AvgIpc) is 3.19. The van der Waals surface area contributed by atoms with Gasteiger partial charge in [-0.15, -0.1) is 0 Å². The predicted octanol–water partition coefficient (Wildman–Crippen LogP) is 2.45. The summed E-state index contributed by atoms with van der Waals surface area (Å²) in [5.74, 6) is 2.01. The fourth-order valence-electron chi connectivity index (χ4n) is 5.33. The van der Waals surface area contributed by atoms with Crippen molar-refractivity contribution in [2.24, 2.45) is 11.8 Å². The smallest absolute Gasteiger partial charge is 0.319 e. The summed E-state index contributed by atoms with van der Waals surface area (Å²) >= 11 is 0. The van der Waals surface area contributed by atoms with Crippen LogP contribution in [0.1, 0.15) is 38.4 Å². The van der Waals surface area contributed by atoms with Crippen LogP contribution in [-0.2, 0) is 22.8 Å². The molecule has 3 aliphatic rings. The molecule has 3 aliphatic heterocycles. The Balaban J connectivity index is 1.46. The summed E-state index contributed by atoms with van der Waals surface area (Å²) < 4.78 is 12.7. The zero-order valence-electron chi connectivity index (χ0n) is 19.8. The average molecular weight is 485 g/mol. The highest BCUT2D eigenvalue weighted by molar-refractivity contribution is 7.85. The summed E-state index contributed by atoms with van der Waals surface area (Å²) in [7, 11) is -1.14. The lowest BCUT2D eigenvalue weighted by Gasteiger charge is -2.49. The number of amides is 2. The van der Waals surface area contributed by atoms with Gasteiger partial charge in [-0.05, 0) is 18.4 Å². The van der Waals surface area contributed by atoms with E-state index in [9.17, 15) is 14.1 Å². The van der Waals surface area contributed by atoms with E-state index in [1.165, 1.54) is 0 Å². The van der Waals surface area contributed by atoms with Gasteiger partial charge in [0.05, 0.1) is 34.7 Å². The lowest BCUT2D eigenvalue weighted by molar-refractivity contribution is 0.178. The Labute approximate surface area is 202 Å². The van der Waals surface area contributed by atoms with Crippen molar-refractivity contribution in [2.75, 3.05) is 41.0 Å². The molecule has 182 valence electrons. The fourth-order valence-corrected chi connectivity index (χ4v) is 6.64. The number of rotatable bonds is 5. The third-order valence-electron chi connectivity index (χ3n) is 7.39. The number of hydrogen-bond donors (Lipinski definition) is 4. The maximum absolute atomic E-state index is 12.7.